The summed E-state index contributed by atoms with van der Waals surface area (Å²) in [6, 6.07) is 0. The first-order chi connectivity index (χ1) is 4.13. The minimum absolute atomic E-state index is 3.26. The van der Waals surface area contributed by atoms with Gasteiger partial charge in [-0.1, -0.05) is 5.04 Å². The summed E-state index contributed by atoms with van der Waals surface area (Å²) in [7, 11) is -6.52. The van der Waals surface area contributed by atoms with Crippen molar-refractivity contribution >= 4 is 16.5 Å². The fourth-order valence-electron chi connectivity index (χ4n) is 0.0752. The summed E-state index contributed by atoms with van der Waals surface area (Å²) in [5, 5.41) is 3.32. The van der Waals surface area contributed by atoms with Crippen molar-refractivity contribution in [1.29, 1.82) is 0 Å². The molecule has 0 heterocycles. The molecule has 2 atom stereocenters. The minimum Gasteiger partial charge on any atom is -0.325 e. The standard InChI is InChI=1S/H4O7P2/c1-8(2)6-5-7-9(3)4/h8-9H,(H,1,2)(H,3,4). The fraction of sp³-hybridized carbons (Fsp3) is 0. The molecule has 0 aliphatic heterocycles. The van der Waals surface area contributed by atoms with Crippen LogP contribution in [0, 0.1) is 0 Å². The molecule has 0 rings (SSSR count). The highest BCUT2D eigenvalue weighted by atomic mass is 31.1. The van der Waals surface area contributed by atoms with Gasteiger partial charge in [-0.2, -0.15) is 0 Å². The molecule has 0 aromatic rings. The molecule has 56 valence electrons. The second-order valence-electron chi connectivity index (χ2n) is 0.767. The maximum Gasteiger partial charge on any atom is 0.347 e. The Balaban J connectivity index is 3.10. The molecule has 0 saturated heterocycles. The molecule has 2 N–H and O–H groups in total. The highest BCUT2D eigenvalue weighted by Crippen LogP contribution is 2.20. The Morgan fingerprint density at radius 3 is 1.56 bits per heavy atom. The van der Waals surface area contributed by atoms with Gasteiger partial charge in [-0.25, -0.2) is 0 Å². The molecule has 0 spiro atoms. The fourth-order valence-corrected chi connectivity index (χ4v) is 0.328. The molecule has 9 heteroatoms. The maximum absolute atomic E-state index is 9.57. The van der Waals surface area contributed by atoms with Gasteiger partial charge in [-0.15, -0.1) is 9.35 Å². The van der Waals surface area contributed by atoms with E-state index in [-0.39, 0.29) is 0 Å². The van der Waals surface area contributed by atoms with Crippen molar-refractivity contribution in [3.05, 3.63) is 0 Å². The van der Waals surface area contributed by atoms with Crippen LogP contribution in [0.1, 0.15) is 0 Å². The van der Waals surface area contributed by atoms with Gasteiger partial charge in [-0.05, 0) is 0 Å². The Morgan fingerprint density at radius 2 is 1.33 bits per heavy atom. The summed E-state index contributed by atoms with van der Waals surface area (Å²) in [6.07, 6.45) is 0. The van der Waals surface area contributed by atoms with E-state index in [9.17, 15) is 9.13 Å². The summed E-state index contributed by atoms with van der Waals surface area (Å²) < 4.78 is 25.9. The van der Waals surface area contributed by atoms with Crippen LogP contribution in [0.3, 0.4) is 0 Å². The lowest BCUT2D eigenvalue weighted by atomic mass is 14.6. The predicted octanol–water partition coefficient (Wildman–Crippen LogP) is -0.370. The van der Waals surface area contributed by atoms with Crippen LogP contribution in [-0.4, -0.2) is 9.79 Å². The molecule has 0 amide bonds. The molecule has 0 aliphatic rings. The predicted molar refractivity (Wildman–Crippen MR) is 25.7 cm³/mol. The average molecular weight is 178 g/mol. The van der Waals surface area contributed by atoms with E-state index in [1.165, 1.54) is 0 Å². The van der Waals surface area contributed by atoms with E-state index in [1.54, 1.807) is 0 Å². The van der Waals surface area contributed by atoms with Gasteiger partial charge in [0, 0.05) is 0 Å². The summed E-state index contributed by atoms with van der Waals surface area (Å²) in [5.41, 5.74) is 0. The lowest BCUT2D eigenvalue weighted by Gasteiger charge is -1.93. The molecule has 9 heavy (non-hydrogen) atoms. The topological polar surface area (TPSA) is 102 Å². The van der Waals surface area contributed by atoms with Crippen LogP contribution in [0.25, 0.3) is 0 Å². The van der Waals surface area contributed by atoms with Gasteiger partial charge in [-0.3, -0.25) is 9.13 Å². The SMILES string of the molecule is O=[PH](O)OOO[PH](=O)O. The average Bonchev–Trinajstić information content (AvgIpc) is 1.63. The van der Waals surface area contributed by atoms with Gasteiger partial charge >= 0.3 is 16.5 Å². The zero-order valence-electron chi connectivity index (χ0n) is 3.94. The highest BCUT2D eigenvalue weighted by Gasteiger charge is 1.95. The quantitative estimate of drug-likeness (QED) is 0.343. The van der Waals surface area contributed by atoms with Crippen molar-refractivity contribution in [3.8, 4) is 0 Å². The van der Waals surface area contributed by atoms with Crippen LogP contribution in [0.15, 0.2) is 0 Å². The van der Waals surface area contributed by atoms with Gasteiger partial charge in [0.15, 0.2) is 0 Å². The van der Waals surface area contributed by atoms with Crippen molar-refractivity contribution in [3.63, 3.8) is 0 Å². The molecule has 0 radical (unpaired) electrons. The third kappa shape index (κ3) is 8.26. The Hall–Kier alpha value is 0.260. The third-order valence-corrected chi connectivity index (χ3v) is 0.632. The third-order valence-electron chi connectivity index (χ3n) is 0.211. The van der Waals surface area contributed by atoms with Gasteiger partial charge in [0.25, 0.3) is 0 Å². The van der Waals surface area contributed by atoms with Crippen molar-refractivity contribution in [2.24, 2.45) is 0 Å². The summed E-state index contributed by atoms with van der Waals surface area (Å²) >= 11 is 0. The molecule has 0 fully saturated rings. The van der Waals surface area contributed by atoms with Crippen molar-refractivity contribution in [1.82, 2.24) is 0 Å². The summed E-state index contributed by atoms with van der Waals surface area (Å²) in [5.74, 6) is 0. The van der Waals surface area contributed by atoms with Crippen molar-refractivity contribution < 1.29 is 33.3 Å². The van der Waals surface area contributed by atoms with Crippen LogP contribution in [0.2, 0.25) is 0 Å². The normalized spacial score (nSPS) is 17.1. The first kappa shape index (κ1) is 9.26. The number of rotatable bonds is 4. The van der Waals surface area contributed by atoms with Gasteiger partial charge in [0.05, 0.1) is 0 Å². The molecule has 7 nitrogen and oxygen atoms in total. The maximum atomic E-state index is 9.57. The monoisotopic (exact) mass is 178 g/mol. The molecule has 0 aromatic heterocycles. The van der Waals surface area contributed by atoms with E-state index in [2.05, 4.69) is 14.4 Å². The Bertz CT molecular complexity index is 102. The van der Waals surface area contributed by atoms with E-state index in [1.807, 2.05) is 0 Å². The van der Waals surface area contributed by atoms with Gasteiger partial charge in [0.1, 0.15) is 0 Å². The highest BCUT2D eigenvalue weighted by molar-refractivity contribution is 7.32. The van der Waals surface area contributed by atoms with Crippen LogP contribution >= 0.6 is 16.5 Å². The van der Waals surface area contributed by atoms with Gasteiger partial charge < -0.3 is 9.79 Å². The first-order valence-electron chi connectivity index (χ1n) is 1.60. The zero-order valence-corrected chi connectivity index (χ0v) is 5.94. The smallest absolute Gasteiger partial charge is 0.325 e. The van der Waals surface area contributed by atoms with Crippen LogP contribution in [0.4, 0.5) is 0 Å². The van der Waals surface area contributed by atoms with E-state index in [0.29, 0.717) is 0 Å². The van der Waals surface area contributed by atoms with Crippen LogP contribution < -0.4 is 0 Å². The van der Waals surface area contributed by atoms with Crippen LogP contribution in [-0.2, 0) is 23.5 Å². The second kappa shape index (κ2) is 5.08. The Morgan fingerprint density at radius 1 is 1.00 bits per heavy atom. The molecular weight excluding hydrogens is 174 g/mol. The molecule has 0 bridgehead atoms. The molecule has 0 saturated carbocycles. The largest absolute Gasteiger partial charge is 0.347 e. The minimum atomic E-state index is -3.26. The molecule has 0 aliphatic carbocycles. The molecule has 2 unspecified atom stereocenters. The van der Waals surface area contributed by atoms with Crippen LogP contribution in [0.5, 0.6) is 0 Å². The second-order valence-corrected chi connectivity index (χ2v) is 2.16. The Kier molecular flexibility index (Phi) is 5.22. The van der Waals surface area contributed by atoms with Crippen molar-refractivity contribution in [2.45, 2.75) is 0 Å². The summed E-state index contributed by atoms with van der Waals surface area (Å²) in [4.78, 5) is 15.6. The Labute approximate surface area is 50.9 Å². The summed E-state index contributed by atoms with van der Waals surface area (Å²) in [6.45, 7) is 0. The first-order valence-corrected chi connectivity index (χ1v) is 4.12. The van der Waals surface area contributed by atoms with E-state index < -0.39 is 16.5 Å². The van der Waals surface area contributed by atoms with Crippen molar-refractivity contribution in [2.75, 3.05) is 0 Å². The van der Waals surface area contributed by atoms with E-state index in [0.717, 1.165) is 0 Å². The van der Waals surface area contributed by atoms with E-state index >= 15 is 0 Å². The van der Waals surface area contributed by atoms with E-state index in [4.69, 9.17) is 9.79 Å². The zero-order chi connectivity index (χ0) is 7.28. The lowest BCUT2D eigenvalue weighted by Crippen LogP contribution is -1.80. The van der Waals surface area contributed by atoms with Gasteiger partial charge in [0.2, 0.25) is 0 Å². The number of hydrogen-bond acceptors (Lipinski definition) is 5. The lowest BCUT2D eigenvalue weighted by molar-refractivity contribution is -0.413. The molecular formula is H4O7P2. The number of hydrogen-bond donors (Lipinski definition) is 2. The molecule has 0 aromatic carbocycles.